The summed E-state index contributed by atoms with van der Waals surface area (Å²) < 4.78 is 80.2. The number of halogens is 6. The van der Waals surface area contributed by atoms with Gasteiger partial charge in [0.15, 0.2) is 0 Å². The van der Waals surface area contributed by atoms with Crippen molar-refractivity contribution in [3.8, 4) is 0 Å². The van der Waals surface area contributed by atoms with Gasteiger partial charge in [0.25, 0.3) is 5.91 Å². The molecule has 2 aromatic carbocycles. The summed E-state index contributed by atoms with van der Waals surface area (Å²) in [6, 6.07) is 4.49. The second-order valence-electron chi connectivity index (χ2n) is 11.6. The molecular formula is C29H31F6NO3. The highest BCUT2D eigenvalue weighted by molar-refractivity contribution is 6.05. The Morgan fingerprint density at radius 3 is 2.05 bits per heavy atom. The number of carboxylic acids is 1. The van der Waals surface area contributed by atoms with Crippen LogP contribution in [-0.4, -0.2) is 17.0 Å². The minimum Gasteiger partial charge on any atom is -0.481 e. The summed E-state index contributed by atoms with van der Waals surface area (Å²) in [6.07, 6.45) is -6.88. The molecule has 0 radical (unpaired) electrons. The second-order valence-corrected chi connectivity index (χ2v) is 11.6. The molecule has 2 aliphatic carbocycles. The quantitative estimate of drug-likeness (QED) is 0.374. The van der Waals surface area contributed by atoms with E-state index in [-0.39, 0.29) is 17.9 Å². The van der Waals surface area contributed by atoms with E-state index in [4.69, 9.17) is 0 Å². The molecule has 1 amide bonds. The third-order valence-electron chi connectivity index (χ3n) is 8.73. The first kappa shape index (κ1) is 29.0. The molecule has 4 nitrogen and oxygen atoms in total. The largest absolute Gasteiger partial charge is 0.481 e. The number of carbonyl (C=O) groups excluding carboxylic acids is 1. The number of hydrogen-bond acceptors (Lipinski definition) is 2. The molecule has 3 atom stereocenters. The molecule has 1 saturated carbocycles. The number of alkyl halides is 6. The standard InChI is InChI=1S/C29H31F6NO3/c1-15(2)20-12-16-6-7-23-26(3,8-5-9-27(23,4)25(38)39)21(16)14-22(20)36-24(37)17-10-18(28(30,31)32)13-19(11-17)29(33,34)35/h10-15,23H,5-9H2,1-4H3,(H,36,37)(H,38,39)/t23-,26-,27-/m1/s1. The van der Waals surface area contributed by atoms with Gasteiger partial charge in [-0.2, -0.15) is 26.3 Å². The number of anilines is 1. The fourth-order valence-corrected chi connectivity index (χ4v) is 6.66. The van der Waals surface area contributed by atoms with Gasteiger partial charge in [0.05, 0.1) is 16.5 Å². The lowest BCUT2D eigenvalue weighted by Crippen LogP contribution is -2.52. The first-order valence-electron chi connectivity index (χ1n) is 12.9. The smallest absolute Gasteiger partial charge is 0.416 e. The lowest BCUT2D eigenvalue weighted by molar-refractivity contribution is -0.157. The third-order valence-corrected chi connectivity index (χ3v) is 8.73. The van der Waals surface area contributed by atoms with Gasteiger partial charge in [-0.05, 0) is 90.8 Å². The van der Waals surface area contributed by atoms with Crippen molar-refractivity contribution in [1.82, 2.24) is 0 Å². The second kappa shape index (κ2) is 9.55. The van der Waals surface area contributed by atoms with Gasteiger partial charge in [0.1, 0.15) is 0 Å². The van der Waals surface area contributed by atoms with Crippen molar-refractivity contribution >= 4 is 17.6 Å². The van der Waals surface area contributed by atoms with Gasteiger partial charge in [-0.3, -0.25) is 9.59 Å². The summed E-state index contributed by atoms with van der Waals surface area (Å²) in [5.74, 6) is -2.24. The monoisotopic (exact) mass is 555 g/mol. The van der Waals surface area contributed by atoms with E-state index in [0.717, 1.165) is 17.5 Å². The van der Waals surface area contributed by atoms with Crippen molar-refractivity contribution in [3.05, 3.63) is 63.7 Å². The van der Waals surface area contributed by atoms with E-state index in [2.05, 4.69) is 5.32 Å². The molecule has 10 heteroatoms. The van der Waals surface area contributed by atoms with Crippen molar-refractivity contribution < 1.29 is 41.0 Å². The zero-order valence-electron chi connectivity index (χ0n) is 22.1. The number of carboxylic acid groups (broad SMARTS) is 1. The lowest BCUT2D eigenvalue weighted by Gasteiger charge is -2.53. The van der Waals surface area contributed by atoms with E-state index >= 15 is 0 Å². The maximum atomic E-state index is 13.4. The highest BCUT2D eigenvalue weighted by Gasteiger charge is 2.55. The summed E-state index contributed by atoms with van der Waals surface area (Å²) >= 11 is 0. The number of fused-ring (bicyclic) bond motifs is 3. The Morgan fingerprint density at radius 2 is 1.54 bits per heavy atom. The van der Waals surface area contributed by atoms with E-state index < -0.39 is 51.7 Å². The first-order chi connectivity index (χ1) is 17.9. The Morgan fingerprint density at radius 1 is 0.949 bits per heavy atom. The van der Waals surface area contributed by atoms with Crippen LogP contribution < -0.4 is 5.32 Å². The third kappa shape index (κ3) is 5.14. The van der Waals surface area contributed by atoms with Crippen LogP contribution in [0.4, 0.5) is 32.0 Å². The lowest BCUT2D eigenvalue weighted by atomic mass is 9.49. The van der Waals surface area contributed by atoms with Gasteiger partial charge in [0, 0.05) is 11.3 Å². The first-order valence-corrected chi connectivity index (χ1v) is 12.9. The van der Waals surface area contributed by atoms with Crippen LogP contribution in [0.3, 0.4) is 0 Å². The van der Waals surface area contributed by atoms with Crippen LogP contribution in [0.5, 0.6) is 0 Å². The van der Waals surface area contributed by atoms with Crippen molar-refractivity contribution in [1.29, 1.82) is 0 Å². The summed E-state index contributed by atoms with van der Waals surface area (Å²) in [5.41, 5.74) is -2.47. The molecule has 2 aliphatic rings. The zero-order chi connectivity index (χ0) is 29.1. The predicted octanol–water partition coefficient (Wildman–Crippen LogP) is 8.19. The molecule has 0 saturated heterocycles. The van der Waals surface area contributed by atoms with Crippen molar-refractivity contribution in [2.45, 2.75) is 83.5 Å². The molecule has 4 rings (SSSR count). The Hall–Kier alpha value is -3.04. The molecule has 1 fully saturated rings. The van der Waals surface area contributed by atoms with E-state index in [1.165, 1.54) is 0 Å². The molecule has 0 bridgehead atoms. The minimum atomic E-state index is -5.08. The highest BCUT2D eigenvalue weighted by Crippen LogP contribution is 2.58. The highest BCUT2D eigenvalue weighted by atomic mass is 19.4. The molecule has 0 unspecified atom stereocenters. The maximum Gasteiger partial charge on any atom is 0.416 e. The average Bonchev–Trinajstić information content (AvgIpc) is 2.82. The molecule has 0 heterocycles. The van der Waals surface area contributed by atoms with Crippen LogP contribution in [0.1, 0.15) is 97.5 Å². The summed E-state index contributed by atoms with van der Waals surface area (Å²) in [4.78, 5) is 25.4. The fraction of sp³-hybridized carbons (Fsp3) is 0.517. The number of nitrogens with one attached hydrogen (secondary N) is 1. The van der Waals surface area contributed by atoms with E-state index in [1.54, 1.807) is 13.0 Å². The van der Waals surface area contributed by atoms with Crippen LogP contribution >= 0.6 is 0 Å². The topological polar surface area (TPSA) is 66.4 Å². The Bertz CT molecular complexity index is 1280. The van der Waals surface area contributed by atoms with E-state index in [0.29, 0.717) is 49.1 Å². The van der Waals surface area contributed by atoms with E-state index in [9.17, 15) is 41.0 Å². The minimum absolute atomic E-state index is 0.0151. The number of hydrogen-bond donors (Lipinski definition) is 2. The molecule has 2 aromatic rings. The molecular weight excluding hydrogens is 524 g/mol. The number of benzene rings is 2. The van der Waals surface area contributed by atoms with Gasteiger partial charge in [-0.1, -0.05) is 33.3 Å². The Balaban J connectivity index is 1.80. The van der Waals surface area contributed by atoms with Crippen LogP contribution in [0.2, 0.25) is 0 Å². The number of carbonyl (C=O) groups is 2. The number of aliphatic carboxylic acids is 1. The van der Waals surface area contributed by atoms with Gasteiger partial charge >= 0.3 is 18.3 Å². The summed E-state index contributed by atoms with van der Waals surface area (Å²) in [7, 11) is 0. The zero-order valence-corrected chi connectivity index (χ0v) is 22.1. The van der Waals surface area contributed by atoms with Crippen molar-refractivity contribution in [3.63, 3.8) is 0 Å². The molecule has 0 spiro atoms. The van der Waals surface area contributed by atoms with Crippen molar-refractivity contribution in [2.24, 2.45) is 11.3 Å². The van der Waals surface area contributed by atoms with Gasteiger partial charge in [0.2, 0.25) is 0 Å². The van der Waals surface area contributed by atoms with Crippen molar-refractivity contribution in [2.75, 3.05) is 5.32 Å². The predicted molar refractivity (Wildman–Crippen MR) is 134 cm³/mol. The van der Waals surface area contributed by atoms with Crippen LogP contribution in [0, 0.1) is 11.3 Å². The molecule has 2 N–H and O–H groups in total. The van der Waals surface area contributed by atoms with Gasteiger partial charge < -0.3 is 10.4 Å². The fourth-order valence-electron chi connectivity index (χ4n) is 6.66. The summed E-state index contributed by atoms with van der Waals surface area (Å²) in [5, 5.41) is 12.6. The van der Waals surface area contributed by atoms with Crippen LogP contribution in [0.25, 0.3) is 0 Å². The maximum absolute atomic E-state index is 13.4. The molecule has 0 aromatic heterocycles. The number of rotatable bonds is 4. The molecule has 39 heavy (non-hydrogen) atoms. The van der Waals surface area contributed by atoms with Crippen LogP contribution in [0.15, 0.2) is 30.3 Å². The Labute approximate surface area is 222 Å². The average molecular weight is 556 g/mol. The SMILES string of the molecule is CC(C)c1cc2c(cc1NC(=O)c1cc(C(F)(F)F)cc(C(F)(F)F)c1)[C@@]1(C)CCC[C@@](C)(C(=O)O)[C@@H]1CC2. The van der Waals surface area contributed by atoms with Gasteiger partial charge in [-0.25, -0.2) is 0 Å². The normalized spacial score (nSPS) is 25.2. The Kier molecular flexibility index (Phi) is 7.09. The van der Waals surface area contributed by atoms with Crippen LogP contribution in [-0.2, 0) is 29.0 Å². The number of aryl methyl sites for hydroxylation is 1. The summed E-state index contributed by atoms with van der Waals surface area (Å²) in [6.45, 7) is 7.52. The molecule has 0 aliphatic heterocycles. The number of amides is 1. The van der Waals surface area contributed by atoms with Gasteiger partial charge in [-0.15, -0.1) is 0 Å². The van der Waals surface area contributed by atoms with E-state index in [1.807, 2.05) is 26.8 Å². The molecule has 212 valence electrons.